The SMILES string of the molecule is O=c1cccccc1N1CCN(CC=CO)CC1. The predicted octanol–water partition coefficient (Wildman–Crippen LogP) is 1.24. The van der Waals surface area contributed by atoms with Crippen molar-refractivity contribution in [1.29, 1.82) is 0 Å². The van der Waals surface area contributed by atoms with E-state index in [-0.39, 0.29) is 5.43 Å². The first-order valence-corrected chi connectivity index (χ1v) is 6.17. The Labute approximate surface area is 107 Å². The van der Waals surface area contributed by atoms with E-state index < -0.39 is 0 Å². The van der Waals surface area contributed by atoms with Gasteiger partial charge in [-0.2, -0.15) is 0 Å². The fraction of sp³-hybridized carbons (Fsp3) is 0.357. The van der Waals surface area contributed by atoms with E-state index in [9.17, 15) is 4.79 Å². The molecule has 0 aromatic heterocycles. The zero-order chi connectivity index (χ0) is 12.8. The molecule has 1 aliphatic rings. The van der Waals surface area contributed by atoms with Crippen molar-refractivity contribution in [2.24, 2.45) is 0 Å². The maximum Gasteiger partial charge on any atom is 0.201 e. The van der Waals surface area contributed by atoms with Gasteiger partial charge in [0.2, 0.25) is 5.43 Å². The van der Waals surface area contributed by atoms with E-state index in [2.05, 4.69) is 9.80 Å². The molecule has 1 N–H and O–H groups in total. The molecule has 1 saturated heterocycles. The van der Waals surface area contributed by atoms with Gasteiger partial charge in [0, 0.05) is 32.7 Å². The van der Waals surface area contributed by atoms with Crippen LogP contribution in [0.4, 0.5) is 5.69 Å². The number of anilines is 1. The van der Waals surface area contributed by atoms with Crippen LogP contribution in [0.15, 0.2) is 47.5 Å². The first kappa shape index (κ1) is 12.6. The van der Waals surface area contributed by atoms with Gasteiger partial charge in [-0.25, -0.2) is 0 Å². The Hall–Kier alpha value is -1.81. The molecule has 0 amide bonds. The second-order valence-corrected chi connectivity index (χ2v) is 4.33. The fourth-order valence-electron chi connectivity index (χ4n) is 2.15. The van der Waals surface area contributed by atoms with E-state index in [1.165, 1.54) is 0 Å². The summed E-state index contributed by atoms with van der Waals surface area (Å²) >= 11 is 0. The van der Waals surface area contributed by atoms with Crippen LogP contribution in [-0.4, -0.2) is 42.7 Å². The summed E-state index contributed by atoms with van der Waals surface area (Å²) in [6, 6.07) is 9.03. The van der Waals surface area contributed by atoms with Gasteiger partial charge >= 0.3 is 0 Å². The number of hydrogen-bond acceptors (Lipinski definition) is 4. The first-order chi connectivity index (χ1) is 8.81. The van der Waals surface area contributed by atoms with Crippen LogP contribution in [0.3, 0.4) is 0 Å². The topological polar surface area (TPSA) is 43.8 Å². The van der Waals surface area contributed by atoms with Gasteiger partial charge in [0.1, 0.15) is 0 Å². The Kier molecular flexibility index (Phi) is 4.36. The van der Waals surface area contributed by atoms with Crippen molar-refractivity contribution in [3.63, 3.8) is 0 Å². The summed E-state index contributed by atoms with van der Waals surface area (Å²) in [5, 5.41) is 8.63. The molecule has 0 spiro atoms. The third kappa shape index (κ3) is 3.11. The molecule has 1 heterocycles. The minimum atomic E-state index is 0.0729. The highest BCUT2D eigenvalue weighted by molar-refractivity contribution is 5.45. The van der Waals surface area contributed by atoms with Crippen molar-refractivity contribution in [2.45, 2.75) is 0 Å². The Morgan fingerprint density at radius 1 is 1.11 bits per heavy atom. The van der Waals surface area contributed by atoms with Crippen molar-refractivity contribution in [3.8, 4) is 0 Å². The molecule has 0 radical (unpaired) electrons. The van der Waals surface area contributed by atoms with Crippen LogP contribution in [0.1, 0.15) is 0 Å². The molecule has 1 fully saturated rings. The van der Waals surface area contributed by atoms with Gasteiger partial charge in [0.15, 0.2) is 0 Å². The number of hydrogen-bond donors (Lipinski definition) is 1. The van der Waals surface area contributed by atoms with Crippen LogP contribution < -0.4 is 10.3 Å². The highest BCUT2D eigenvalue weighted by Crippen LogP contribution is 2.10. The molecule has 4 nitrogen and oxygen atoms in total. The zero-order valence-corrected chi connectivity index (χ0v) is 10.3. The molecule has 96 valence electrons. The number of rotatable bonds is 3. The molecule has 0 saturated carbocycles. The second kappa shape index (κ2) is 6.21. The summed E-state index contributed by atoms with van der Waals surface area (Å²) in [6.07, 6.45) is 2.82. The van der Waals surface area contributed by atoms with Crippen molar-refractivity contribution < 1.29 is 5.11 Å². The van der Waals surface area contributed by atoms with Crippen LogP contribution in [0.2, 0.25) is 0 Å². The quantitative estimate of drug-likeness (QED) is 0.815. The first-order valence-electron chi connectivity index (χ1n) is 6.17. The van der Waals surface area contributed by atoms with Gasteiger partial charge in [0.05, 0.1) is 11.9 Å². The lowest BCUT2D eigenvalue weighted by molar-refractivity contribution is 0.282. The largest absolute Gasteiger partial charge is 0.516 e. The minimum Gasteiger partial charge on any atom is -0.516 e. The molecule has 2 rings (SSSR count). The average molecular weight is 246 g/mol. The van der Waals surface area contributed by atoms with E-state index in [4.69, 9.17) is 5.11 Å². The molecule has 0 unspecified atom stereocenters. The molecular formula is C14H18N2O2. The lowest BCUT2D eigenvalue weighted by Crippen LogP contribution is -2.47. The van der Waals surface area contributed by atoms with Crippen LogP contribution in [0, 0.1) is 0 Å². The normalized spacial score (nSPS) is 17.2. The van der Waals surface area contributed by atoms with E-state index in [0.29, 0.717) is 0 Å². The zero-order valence-electron chi connectivity index (χ0n) is 10.3. The Morgan fingerprint density at radius 3 is 2.56 bits per heavy atom. The molecule has 0 bridgehead atoms. The van der Waals surface area contributed by atoms with Gasteiger partial charge in [-0.05, 0) is 18.2 Å². The van der Waals surface area contributed by atoms with E-state index >= 15 is 0 Å². The van der Waals surface area contributed by atoms with Crippen LogP contribution in [-0.2, 0) is 0 Å². The standard InChI is InChI=1S/C14H18N2O2/c17-12-4-7-15-8-10-16(11-9-15)13-5-2-1-3-6-14(13)18/h1-6,12,17H,7-11H2. The van der Waals surface area contributed by atoms with Crippen LogP contribution in [0.25, 0.3) is 0 Å². The number of aliphatic hydroxyl groups excluding tert-OH is 1. The van der Waals surface area contributed by atoms with E-state index in [1.807, 2.05) is 18.2 Å². The van der Waals surface area contributed by atoms with Crippen molar-refractivity contribution >= 4 is 5.69 Å². The van der Waals surface area contributed by atoms with E-state index in [0.717, 1.165) is 44.7 Å². The van der Waals surface area contributed by atoms with Gasteiger partial charge in [-0.3, -0.25) is 9.69 Å². The number of nitrogens with zero attached hydrogens (tertiary/aromatic N) is 2. The third-order valence-corrected chi connectivity index (χ3v) is 3.16. The molecule has 1 aromatic carbocycles. The van der Waals surface area contributed by atoms with Crippen molar-refractivity contribution in [1.82, 2.24) is 4.90 Å². The van der Waals surface area contributed by atoms with Gasteiger partial charge in [-0.15, -0.1) is 0 Å². The Bertz CT molecular complexity index is 465. The lowest BCUT2D eigenvalue weighted by Gasteiger charge is -2.34. The molecule has 4 heteroatoms. The molecule has 0 aliphatic carbocycles. The Morgan fingerprint density at radius 2 is 1.83 bits per heavy atom. The maximum atomic E-state index is 11.9. The lowest BCUT2D eigenvalue weighted by atomic mass is 10.2. The summed E-state index contributed by atoms with van der Waals surface area (Å²) < 4.78 is 0. The smallest absolute Gasteiger partial charge is 0.201 e. The average Bonchev–Trinajstić information content (AvgIpc) is 2.62. The van der Waals surface area contributed by atoms with Crippen molar-refractivity contribution in [3.05, 3.63) is 52.9 Å². The molecule has 1 aromatic rings. The monoisotopic (exact) mass is 246 g/mol. The maximum absolute atomic E-state index is 11.9. The Balaban J connectivity index is 2.02. The van der Waals surface area contributed by atoms with Gasteiger partial charge < -0.3 is 10.0 Å². The molecule has 0 atom stereocenters. The van der Waals surface area contributed by atoms with Crippen molar-refractivity contribution in [2.75, 3.05) is 37.6 Å². The second-order valence-electron chi connectivity index (χ2n) is 4.33. The summed E-state index contributed by atoms with van der Waals surface area (Å²) in [5.41, 5.74) is 0.848. The molecular weight excluding hydrogens is 228 g/mol. The summed E-state index contributed by atoms with van der Waals surface area (Å²) in [6.45, 7) is 4.26. The molecule has 1 aliphatic heterocycles. The third-order valence-electron chi connectivity index (χ3n) is 3.16. The number of aliphatic hydroxyl groups is 1. The van der Waals surface area contributed by atoms with E-state index in [1.54, 1.807) is 18.2 Å². The number of piperazine rings is 1. The predicted molar refractivity (Wildman–Crippen MR) is 73.1 cm³/mol. The van der Waals surface area contributed by atoms with Gasteiger partial charge in [-0.1, -0.05) is 18.2 Å². The summed E-state index contributed by atoms with van der Waals surface area (Å²) in [4.78, 5) is 16.2. The highest BCUT2D eigenvalue weighted by Gasteiger charge is 2.17. The minimum absolute atomic E-state index is 0.0729. The van der Waals surface area contributed by atoms with Gasteiger partial charge in [0.25, 0.3) is 0 Å². The van der Waals surface area contributed by atoms with Crippen LogP contribution >= 0.6 is 0 Å². The highest BCUT2D eigenvalue weighted by atomic mass is 16.2. The molecule has 18 heavy (non-hydrogen) atoms. The summed E-state index contributed by atoms with van der Waals surface area (Å²) in [5.74, 6) is 0. The van der Waals surface area contributed by atoms with Crippen LogP contribution in [0.5, 0.6) is 0 Å². The fourth-order valence-corrected chi connectivity index (χ4v) is 2.15. The summed E-state index contributed by atoms with van der Waals surface area (Å²) in [7, 11) is 0.